The standard InChI is InChI=1S/C19H17ClN4O/c20-15-4-1-3-14(9-15)16-10-17(16)19(25)22-12-13-5-6-18(21-11-13)24-8-2-7-23-24/h1-9,11,16-17H,10,12H2,(H,22,25)/t16-,17+/m1/s1. The van der Waals surface area contributed by atoms with Gasteiger partial charge in [0.1, 0.15) is 0 Å². The van der Waals surface area contributed by atoms with Gasteiger partial charge in [-0.05, 0) is 47.7 Å². The molecule has 2 atom stereocenters. The number of amides is 1. The summed E-state index contributed by atoms with van der Waals surface area (Å²) in [5.41, 5.74) is 2.10. The Morgan fingerprint density at radius 3 is 2.92 bits per heavy atom. The molecule has 1 aliphatic carbocycles. The van der Waals surface area contributed by atoms with Crippen molar-refractivity contribution in [2.75, 3.05) is 0 Å². The van der Waals surface area contributed by atoms with Crippen LogP contribution in [0.25, 0.3) is 5.82 Å². The lowest BCUT2D eigenvalue weighted by molar-refractivity contribution is -0.122. The van der Waals surface area contributed by atoms with E-state index in [1.807, 2.05) is 48.7 Å². The zero-order valence-electron chi connectivity index (χ0n) is 13.5. The summed E-state index contributed by atoms with van der Waals surface area (Å²) in [4.78, 5) is 16.7. The number of nitrogens with zero attached hydrogens (tertiary/aromatic N) is 3. The Labute approximate surface area is 150 Å². The number of nitrogens with one attached hydrogen (secondary N) is 1. The summed E-state index contributed by atoms with van der Waals surface area (Å²) < 4.78 is 1.70. The maximum Gasteiger partial charge on any atom is 0.224 e. The molecular weight excluding hydrogens is 336 g/mol. The van der Waals surface area contributed by atoms with E-state index in [1.165, 1.54) is 0 Å². The highest BCUT2D eigenvalue weighted by molar-refractivity contribution is 6.30. The SMILES string of the molecule is O=C(NCc1ccc(-n2cccn2)nc1)[C@H]1C[C@@H]1c1cccc(Cl)c1. The minimum Gasteiger partial charge on any atom is -0.352 e. The van der Waals surface area contributed by atoms with Crippen molar-refractivity contribution in [1.82, 2.24) is 20.1 Å². The van der Waals surface area contributed by atoms with Crippen LogP contribution in [0.5, 0.6) is 0 Å². The lowest BCUT2D eigenvalue weighted by atomic mass is 10.1. The molecule has 5 nitrogen and oxygen atoms in total. The number of rotatable bonds is 5. The Morgan fingerprint density at radius 2 is 2.20 bits per heavy atom. The molecule has 1 fully saturated rings. The number of aromatic nitrogens is 3. The van der Waals surface area contributed by atoms with Gasteiger partial charge in [-0.1, -0.05) is 29.8 Å². The zero-order chi connectivity index (χ0) is 17.2. The van der Waals surface area contributed by atoms with Crippen LogP contribution in [0.2, 0.25) is 5.02 Å². The highest BCUT2D eigenvalue weighted by Crippen LogP contribution is 2.47. The van der Waals surface area contributed by atoms with E-state index in [-0.39, 0.29) is 17.7 Å². The van der Waals surface area contributed by atoms with Crippen molar-refractivity contribution < 1.29 is 4.79 Å². The number of hydrogen-bond acceptors (Lipinski definition) is 3. The fourth-order valence-electron chi connectivity index (χ4n) is 2.97. The van der Waals surface area contributed by atoms with E-state index in [1.54, 1.807) is 17.1 Å². The van der Waals surface area contributed by atoms with Crippen LogP contribution in [0, 0.1) is 5.92 Å². The third-order valence-electron chi connectivity index (χ3n) is 4.42. The van der Waals surface area contributed by atoms with E-state index in [9.17, 15) is 4.79 Å². The molecule has 25 heavy (non-hydrogen) atoms. The van der Waals surface area contributed by atoms with Gasteiger partial charge in [-0.3, -0.25) is 4.79 Å². The predicted octanol–water partition coefficient (Wildman–Crippen LogP) is 3.34. The van der Waals surface area contributed by atoms with Gasteiger partial charge in [0.2, 0.25) is 5.91 Å². The fourth-order valence-corrected chi connectivity index (χ4v) is 3.17. The predicted molar refractivity (Wildman–Crippen MR) is 95.5 cm³/mol. The lowest BCUT2D eigenvalue weighted by Crippen LogP contribution is -2.25. The van der Waals surface area contributed by atoms with Crippen LogP contribution in [0.1, 0.15) is 23.5 Å². The van der Waals surface area contributed by atoms with Crippen LogP contribution in [0.15, 0.2) is 61.1 Å². The molecule has 126 valence electrons. The number of hydrogen-bond donors (Lipinski definition) is 1. The van der Waals surface area contributed by atoms with E-state index in [0.29, 0.717) is 11.6 Å². The molecule has 0 aliphatic heterocycles. The molecule has 0 bridgehead atoms. The molecule has 2 aromatic heterocycles. The minimum absolute atomic E-state index is 0.0368. The van der Waals surface area contributed by atoms with Crippen molar-refractivity contribution in [2.24, 2.45) is 5.92 Å². The number of pyridine rings is 1. The van der Waals surface area contributed by atoms with Crippen LogP contribution in [-0.4, -0.2) is 20.7 Å². The van der Waals surface area contributed by atoms with E-state index < -0.39 is 0 Å². The average molecular weight is 353 g/mol. The van der Waals surface area contributed by atoms with E-state index in [4.69, 9.17) is 11.6 Å². The van der Waals surface area contributed by atoms with E-state index in [2.05, 4.69) is 15.4 Å². The molecule has 6 heteroatoms. The number of carbonyl (C=O) groups is 1. The first kappa shape index (κ1) is 15.8. The van der Waals surface area contributed by atoms with Gasteiger partial charge in [0.25, 0.3) is 0 Å². The Kier molecular flexibility index (Phi) is 4.24. The third kappa shape index (κ3) is 3.56. The van der Waals surface area contributed by atoms with Crippen LogP contribution >= 0.6 is 11.6 Å². The Bertz CT molecular complexity index is 877. The van der Waals surface area contributed by atoms with E-state index in [0.717, 1.165) is 23.4 Å². The second-order valence-corrected chi connectivity index (χ2v) is 6.63. The minimum atomic E-state index is 0.0368. The normalized spacial score (nSPS) is 18.8. The largest absolute Gasteiger partial charge is 0.352 e. The molecular formula is C19H17ClN4O. The summed E-state index contributed by atoms with van der Waals surface area (Å²) in [6, 6.07) is 13.4. The number of benzene rings is 1. The van der Waals surface area contributed by atoms with Crippen LogP contribution < -0.4 is 5.32 Å². The molecule has 0 spiro atoms. The topological polar surface area (TPSA) is 59.8 Å². The van der Waals surface area contributed by atoms with Gasteiger partial charge >= 0.3 is 0 Å². The van der Waals surface area contributed by atoms with Crippen molar-refractivity contribution >= 4 is 17.5 Å². The van der Waals surface area contributed by atoms with Crippen LogP contribution in [-0.2, 0) is 11.3 Å². The highest BCUT2D eigenvalue weighted by Gasteiger charge is 2.43. The first-order valence-corrected chi connectivity index (χ1v) is 8.56. The van der Waals surface area contributed by atoms with Crippen LogP contribution in [0.3, 0.4) is 0 Å². The molecule has 0 unspecified atom stereocenters. The summed E-state index contributed by atoms with van der Waals surface area (Å²) in [7, 11) is 0. The summed E-state index contributed by atoms with van der Waals surface area (Å²) in [5.74, 6) is 1.15. The molecule has 1 saturated carbocycles. The summed E-state index contributed by atoms with van der Waals surface area (Å²) >= 11 is 6.02. The number of carbonyl (C=O) groups excluding carboxylic acids is 1. The maximum absolute atomic E-state index is 12.3. The van der Waals surface area contributed by atoms with Crippen LogP contribution in [0.4, 0.5) is 0 Å². The average Bonchev–Trinajstić information content (AvgIpc) is 3.25. The van der Waals surface area contributed by atoms with Crippen molar-refractivity contribution in [3.05, 3.63) is 77.2 Å². The molecule has 1 N–H and O–H groups in total. The smallest absolute Gasteiger partial charge is 0.224 e. The maximum atomic E-state index is 12.3. The quantitative estimate of drug-likeness (QED) is 0.766. The van der Waals surface area contributed by atoms with Crippen molar-refractivity contribution in [3.63, 3.8) is 0 Å². The molecule has 0 radical (unpaired) electrons. The molecule has 3 aromatic rings. The molecule has 4 rings (SSSR count). The highest BCUT2D eigenvalue weighted by atomic mass is 35.5. The molecule has 1 amide bonds. The first-order chi connectivity index (χ1) is 12.2. The monoisotopic (exact) mass is 352 g/mol. The Morgan fingerprint density at radius 1 is 1.28 bits per heavy atom. The first-order valence-electron chi connectivity index (χ1n) is 8.19. The van der Waals surface area contributed by atoms with E-state index >= 15 is 0 Å². The molecule has 2 heterocycles. The van der Waals surface area contributed by atoms with Gasteiger partial charge in [-0.15, -0.1) is 0 Å². The van der Waals surface area contributed by atoms with Crippen molar-refractivity contribution in [3.8, 4) is 5.82 Å². The van der Waals surface area contributed by atoms with Crippen molar-refractivity contribution in [2.45, 2.75) is 18.9 Å². The van der Waals surface area contributed by atoms with Gasteiger partial charge < -0.3 is 5.32 Å². The van der Waals surface area contributed by atoms with Gasteiger partial charge in [0.05, 0.1) is 0 Å². The Balaban J connectivity index is 1.32. The van der Waals surface area contributed by atoms with Gasteiger partial charge in [-0.25, -0.2) is 9.67 Å². The van der Waals surface area contributed by atoms with Gasteiger partial charge in [-0.2, -0.15) is 5.10 Å². The second kappa shape index (κ2) is 6.69. The summed E-state index contributed by atoms with van der Waals surface area (Å²) in [6.07, 6.45) is 6.19. The Hall–Kier alpha value is -2.66. The zero-order valence-corrected chi connectivity index (χ0v) is 14.2. The van der Waals surface area contributed by atoms with Gasteiger partial charge in [0.15, 0.2) is 5.82 Å². The molecule has 0 saturated heterocycles. The summed E-state index contributed by atoms with van der Waals surface area (Å²) in [6.45, 7) is 0.476. The third-order valence-corrected chi connectivity index (χ3v) is 4.65. The van der Waals surface area contributed by atoms with Gasteiger partial charge in [0, 0.05) is 36.1 Å². The number of halogens is 1. The summed E-state index contributed by atoms with van der Waals surface area (Å²) in [5, 5.41) is 7.85. The second-order valence-electron chi connectivity index (χ2n) is 6.20. The lowest BCUT2D eigenvalue weighted by Gasteiger charge is -2.06. The molecule has 1 aliphatic rings. The fraction of sp³-hybridized carbons (Fsp3) is 0.211. The van der Waals surface area contributed by atoms with Crippen molar-refractivity contribution in [1.29, 1.82) is 0 Å². The molecule has 1 aromatic carbocycles.